The molecule has 0 bridgehead atoms. The van der Waals surface area contributed by atoms with Crippen LogP contribution in [-0.4, -0.2) is 82.8 Å². The summed E-state index contributed by atoms with van der Waals surface area (Å²) < 4.78 is 0. The second-order valence-corrected chi connectivity index (χ2v) is 10.7. The lowest BCUT2D eigenvalue weighted by atomic mass is 9.88. The number of rotatable bonds is 8. The third-order valence-corrected chi connectivity index (χ3v) is 8.10. The molecule has 3 aliphatic heterocycles. The summed E-state index contributed by atoms with van der Waals surface area (Å²) in [5.74, 6) is -0.00189. The molecular weight excluding hydrogens is 496 g/mol. The van der Waals surface area contributed by atoms with Crippen molar-refractivity contribution in [1.82, 2.24) is 9.80 Å². The van der Waals surface area contributed by atoms with Crippen molar-refractivity contribution in [1.29, 1.82) is 0 Å². The van der Waals surface area contributed by atoms with E-state index in [1.165, 1.54) is 0 Å². The molecule has 39 heavy (non-hydrogen) atoms. The highest BCUT2D eigenvalue weighted by molar-refractivity contribution is 6.54. The zero-order chi connectivity index (χ0) is 27.7. The number of phenols is 1. The Morgan fingerprint density at radius 3 is 2.49 bits per heavy atom. The average molecular weight is 533 g/mol. The average Bonchev–Trinajstić information content (AvgIpc) is 3.20. The van der Waals surface area contributed by atoms with Crippen molar-refractivity contribution >= 4 is 34.9 Å². The molecule has 206 valence electrons. The van der Waals surface area contributed by atoms with Crippen LogP contribution in [0.3, 0.4) is 0 Å². The third kappa shape index (κ3) is 5.53. The van der Waals surface area contributed by atoms with Crippen LogP contribution in [0.2, 0.25) is 0 Å². The SMILES string of the molecule is CCN1CC(C2=NC(=NNc3cccc(C4CCN(CC(=O)O)CC4)c3O)C(=O)N2c2ccc(C)c(C)c2)C1. The molecule has 10 heteroatoms. The first-order valence-electron chi connectivity index (χ1n) is 13.6. The van der Waals surface area contributed by atoms with E-state index in [0.717, 1.165) is 54.9 Å². The highest BCUT2D eigenvalue weighted by atomic mass is 16.4. The Labute approximate surface area is 228 Å². The highest BCUT2D eigenvalue weighted by Crippen LogP contribution is 2.38. The van der Waals surface area contributed by atoms with Crippen LogP contribution in [0.15, 0.2) is 46.5 Å². The van der Waals surface area contributed by atoms with Crippen LogP contribution in [-0.2, 0) is 9.59 Å². The fraction of sp³-hybridized carbons (Fsp3) is 0.448. The van der Waals surface area contributed by atoms with Crippen molar-refractivity contribution in [3.63, 3.8) is 0 Å². The predicted molar refractivity (Wildman–Crippen MR) is 152 cm³/mol. The lowest BCUT2D eigenvalue weighted by Gasteiger charge is -2.40. The number of aromatic hydroxyl groups is 1. The number of aliphatic imine (C=N–C) groups is 1. The van der Waals surface area contributed by atoms with Gasteiger partial charge in [0, 0.05) is 19.0 Å². The minimum Gasteiger partial charge on any atom is -0.505 e. The molecule has 1 amide bonds. The Morgan fingerprint density at radius 2 is 1.82 bits per heavy atom. The molecule has 0 spiro atoms. The van der Waals surface area contributed by atoms with Gasteiger partial charge in [-0.3, -0.25) is 24.8 Å². The Morgan fingerprint density at radius 1 is 1.08 bits per heavy atom. The van der Waals surface area contributed by atoms with E-state index in [-0.39, 0.29) is 35.9 Å². The highest BCUT2D eigenvalue weighted by Gasteiger charge is 2.41. The number of hydrazone groups is 1. The number of phenolic OH excluding ortho intramolecular Hbond substituents is 1. The number of nitrogens with zero attached hydrogens (tertiary/aromatic N) is 5. The number of para-hydroxylation sites is 1. The maximum atomic E-state index is 13.6. The summed E-state index contributed by atoms with van der Waals surface area (Å²) in [4.78, 5) is 35.1. The van der Waals surface area contributed by atoms with Gasteiger partial charge in [-0.15, -0.1) is 5.10 Å². The van der Waals surface area contributed by atoms with Gasteiger partial charge >= 0.3 is 11.9 Å². The summed E-state index contributed by atoms with van der Waals surface area (Å²) in [6.45, 7) is 10.2. The summed E-state index contributed by atoms with van der Waals surface area (Å²) in [5.41, 5.74) is 7.13. The molecule has 0 radical (unpaired) electrons. The molecule has 0 unspecified atom stereocenters. The molecule has 0 aromatic heterocycles. The number of carbonyl (C=O) groups is 2. The zero-order valence-corrected chi connectivity index (χ0v) is 22.7. The van der Waals surface area contributed by atoms with Gasteiger partial charge in [-0.2, -0.15) is 0 Å². The summed E-state index contributed by atoms with van der Waals surface area (Å²) in [5, 5.41) is 24.4. The first-order chi connectivity index (χ1) is 18.7. The van der Waals surface area contributed by atoms with Gasteiger partial charge in [0.1, 0.15) is 11.6 Å². The van der Waals surface area contributed by atoms with Crippen molar-refractivity contribution in [2.45, 2.75) is 39.5 Å². The van der Waals surface area contributed by atoms with E-state index in [2.05, 4.69) is 27.3 Å². The maximum absolute atomic E-state index is 13.6. The number of carboxylic acids is 1. The minimum absolute atomic E-state index is 0.0326. The third-order valence-electron chi connectivity index (χ3n) is 8.10. The number of hydrogen-bond donors (Lipinski definition) is 3. The molecule has 2 saturated heterocycles. The van der Waals surface area contributed by atoms with E-state index >= 15 is 0 Å². The number of piperidine rings is 1. The van der Waals surface area contributed by atoms with Crippen molar-refractivity contribution in [2.75, 3.05) is 49.6 Å². The lowest BCUT2D eigenvalue weighted by molar-refractivity contribution is -0.138. The van der Waals surface area contributed by atoms with Crippen LogP contribution in [0.4, 0.5) is 11.4 Å². The van der Waals surface area contributed by atoms with E-state index < -0.39 is 5.97 Å². The summed E-state index contributed by atoms with van der Waals surface area (Å²) in [7, 11) is 0. The molecule has 0 aliphatic carbocycles. The molecule has 2 fully saturated rings. The number of carbonyl (C=O) groups excluding carboxylic acids is 1. The number of likely N-dealkylation sites (tertiary alicyclic amines) is 2. The first kappa shape index (κ1) is 26.8. The molecular formula is C29H36N6O4. The van der Waals surface area contributed by atoms with E-state index in [1.54, 1.807) is 11.0 Å². The standard InChI is InChI=1S/C29H36N6O4/c1-4-33-15-21(16-33)28-30-27(29(39)35(28)22-9-8-18(2)19(3)14-22)32-31-24-7-5-6-23(26(24)38)20-10-12-34(13-11-20)17-25(36)37/h5-9,14,20-21,31,38H,4,10-13,15-17H2,1-3H3,(H,36,37). The van der Waals surface area contributed by atoms with E-state index in [0.29, 0.717) is 24.6 Å². The number of benzene rings is 2. The number of aryl methyl sites for hydroxylation is 2. The Bertz CT molecular complexity index is 1330. The fourth-order valence-electron chi connectivity index (χ4n) is 5.55. The summed E-state index contributed by atoms with van der Waals surface area (Å²) in [6.07, 6.45) is 1.51. The van der Waals surface area contributed by atoms with Gasteiger partial charge in [-0.25, -0.2) is 4.99 Å². The number of amides is 1. The lowest BCUT2D eigenvalue weighted by Crippen LogP contribution is -2.54. The molecule has 5 rings (SSSR count). The number of amidine groups is 2. The molecule has 0 atom stereocenters. The molecule has 3 N–H and O–H groups in total. The number of anilines is 2. The Balaban J connectivity index is 1.35. The molecule has 3 heterocycles. The summed E-state index contributed by atoms with van der Waals surface area (Å²) in [6, 6.07) is 11.4. The van der Waals surface area contributed by atoms with E-state index in [1.807, 2.05) is 49.1 Å². The second-order valence-electron chi connectivity index (χ2n) is 10.7. The van der Waals surface area contributed by atoms with Gasteiger partial charge < -0.3 is 15.1 Å². The van der Waals surface area contributed by atoms with Crippen LogP contribution in [0.1, 0.15) is 42.4 Å². The van der Waals surface area contributed by atoms with Gasteiger partial charge in [0.15, 0.2) is 0 Å². The van der Waals surface area contributed by atoms with Gasteiger partial charge in [-0.1, -0.05) is 25.1 Å². The van der Waals surface area contributed by atoms with Gasteiger partial charge in [0.05, 0.1) is 17.9 Å². The maximum Gasteiger partial charge on any atom is 0.317 e. The second kappa shape index (κ2) is 11.2. The van der Waals surface area contributed by atoms with Gasteiger partial charge in [0.2, 0.25) is 5.84 Å². The van der Waals surface area contributed by atoms with Crippen LogP contribution in [0, 0.1) is 19.8 Å². The summed E-state index contributed by atoms with van der Waals surface area (Å²) >= 11 is 0. The van der Waals surface area contributed by atoms with Crippen LogP contribution >= 0.6 is 0 Å². The van der Waals surface area contributed by atoms with Crippen molar-refractivity contribution in [3.05, 3.63) is 53.1 Å². The topological polar surface area (TPSA) is 121 Å². The number of carboxylic acid groups (broad SMARTS) is 1. The van der Waals surface area contributed by atoms with Crippen LogP contribution < -0.4 is 10.3 Å². The predicted octanol–water partition coefficient (Wildman–Crippen LogP) is 3.40. The largest absolute Gasteiger partial charge is 0.505 e. The quantitative estimate of drug-likeness (QED) is 0.352. The van der Waals surface area contributed by atoms with Crippen molar-refractivity contribution in [2.24, 2.45) is 16.0 Å². The first-order valence-corrected chi connectivity index (χ1v) is 13.6. The molecule has 0 saturated carbocycles. The van der Waals surface area contributed by atoms with Crippen LogP contribution in [0.5, 0.6) is 5.75 Å². The monoisotopic (exact) mass is 532 g/mol. The normalized spacial score (nSPS) is 20.4. The molecule has 3 aliphatic rings. The fourth-order valence-corrected chi connectivity index (χ4v) is 5.55. The minimum atomic E-state index is -0.829. The smallest absolute Gasteiger partial charge is 0.317 e. The number of nitrogens with one attached hydrogen (secondary N) is 1. The Hall–Kier alpha value is -3.76. The van der Waals surface area contributed by atoms with Crippen LogP contribution in [0.25, 0.3) is 0 Å². The molecule has 2 aromatic carbocycles. The molecule has 2 aromatic rings. The zero-order valence-electron chi connectivity index (χ0n) is 22.7. The number of hydrogen-bond acceptors (Lipinski definition) is 7. The van der Waals surface area contributed by atoms with Crippen molar-refractivity contribution in [3.8, 4) is 5.75 Å². The van der Waals surface area contributed by atoms with Crippen molar-refractivity contribution < 1.29 is 19.8 Å². The van der Waals surface area contributed by atoms with E-state index in [4.69, 9.17) is 5.11 Å². The molecule has 10 nitrogen and oxygen atoms in total. The van der Waals surface area contributed by atoms with Gasteiger partial charge in [-0.05, 0) is 87.1 Å². The number of aliphatic carboxylic acids is 1. The Kier molecular flexibility index (Phi) is 7.67. The van der Waals surface area contributed by atoms with Gasteiger partial charge in [0.25, 0.3) is 0 Å². The van der Waals surface area contributed by atoms with E-state index in [9.17, 15) is 14.7 Å².